The minimum Gasteiger partial charge on any atom is -0.469 e. The molecule has 1 aliphatic heterocycles. The molecule has 78 valence electrons. The van der Waals surface area contributed by atoms with E-state index in [-0.39, 0.29) is 11.9 Å². The lowest BCUT2D eigenvalue weighted by Gasteiger charge is -2.09. The molecule has 0 spiro atoms. The van der Waals surface area contributed by atoms with Crippen LogP contribution in [0.2, 0.25) is 0 Å². The Bertz CT molecular complexity index is 287. The molecule has 0 bridgehead atoms. The first-order valence-corrected chi connectivity index (χ1v) is 4.17. The number of nitrogens with zero attached hydrogens (tertiary/aromatic N) is 2. The Labute approximate surface area is 81.3 Å². The fourth-order valence-corrected chi connectivity index (χ4v) is 1.52. The number of ether oxygens (including phenoxy) is 1. The van der Waals surface area contributed by atoms with E-state index >= 15 is 0 Å². The van der Waals surface area contributed by atoms with E-state index in [2.05, 4.69) is 4.74 Å². The monoisotopic (exact) mass is 200 g/mol. The Kier molecular flexibility index (Phi) is 3.06. The van der Waals surface area contributed by atoms with E-state index in [0.717, 1.165) is 6.20 Å². The van der Waals surface area contributed by atoms with E-state index < -0.39 is 4.92 Å². The maximum atomic E-state index is 11.1. The van der Waals surface area contributed by atoms with Gasteiger partial charge in [-0.2, -0.15) is 0 Å². The highest BCUT2D eigenvalue weighted by molar-refractivity contribution is 5.73. The topological polar surface area (TPSA) is 72.7 Å². The second-order valence-corrected chi connectivity index (χ2v) is 3.21. The smallest absolute Gasteiger partial charge is 0.310 e. The molecule has 6 nitrogen and oxygen atoms in total. The van der Waals surface area contributed by atoms with Crippen LogP contribution in [0.5, 0.6) is 0 Å². The van der Waals surface area contributed by atoms with Crippen molar-refractivity contribution in [2.24, 2.45) is 5.92 Å². The summed E-state index contributed by atoms with van der Waals surface area (Å²) < 4.78 is 4.57. The number of hydrogen-bond donors (Lipinski definition) is 0. The maximum Gasteiger partial charge on any atom is 0.310 e. The van der Waals surface area contributed by atoms with Crippen LogP contribution in [0.3, 0.4) is 0 Å². The Hall–Kier alpha value is -1.59. The van der Waals surface area contributed by atoms with Crippen LogP contribution >= 0.6 is 0 Å². The lowest BCUT2D eigenvalue weighted by atomic mass is 10.1. The molecule has 1 saturated heterocycles. The molecule has 0 N–H and O–H groups in total. The van der Waals surface area contributed by atoms with Gasteiger partial charge in [-0.15, -0.1) is 0 Å². The molecule has 1 rings (SSSR count). The second kappa shape index (κ2) is 4.08. The number of hydrogen-bond acceptors (Lipinski definition) is 5. The zero-order valence-corrected chi connectivity index (χ0v) is 8.10. The van der Waals surface area contributed by atoms with Gasteiger partial charge in [-0.25, -0.2) is 0 Å². The second-order valence-electron chi connectivity index (χ2n) is 3.21. The molecule has 0 aromatic carbocycles. The number of nitro groups is 1. The van der Waals surface area contributed by atoms with Gasteiger partial charge in [0.2, 0.25) is 0 Å². The zero-order chi connectivity index (χ0) is 10.7. The predicted octanol–water partition coefficient (Wildman–Crippen LogP) is 0.229. The van der Waals surface area contributed by atoms with Crippen LogP contribution in [0.4, 0.5) is 0 Å². The minimum absolute atomic E-state index is 0.281. The van der Waals surface area contributed by atoms with E-state index in [4.69, 9.17) is 0 Å². The van der Waals surface area contributed by atoms with Crippen molar-refractivity contribution < 1.29 is 14.5 Å². The molecule has 1 fully saturated rings. The first-order chi connectivity index (χ1) is 6.54. The molecule has 14 heavy (non-hydrogen) atoms. The quantitative estimate of drug-likeness (QED) is 0.362. The van der Waals surface area contributed by atoms with Crippen LogP contribution in [0.15, 0.2) is 11.9 Å². The summed E-state index contributed by atoms with van der Waals surface area (Å²) in [4.78, 5) is 22.6. The first kappa shape index (κ1) is 10.5. The normalized spacial score (nSPS) is 24.0. The third-order valence-electron chi connectivity index (χ3n) is 2.23. The maximum absolute atomic E-state index is 11.1. The summed E-state index contributed by atoms with van der Waals surface area (Å²) in [5, 5.41) is 10.2. The van der Waals surface area contributed by atoms with Crippen molar-refractivity contribution in [1.82, 2.24) is 4.90 Å². The molecule has 0 amide bonds. The Balaban J connectivity index is 2.69. The third kappa shape index (κ3) is 2.21. The number of methoxy groups -OCH3 is 1. The zero-order valence-electron chi connectivity index (χ0n) is 8.10. The van der Waals surface area contributed by atoms with Crippen LogP contribution in [-0.2, 0) is 9.53 Å². The standard InChI is InChI=1S/C8H12N2O4/c1-9-4-6(8(11)14-2)3-7(9)5-10(12)13/h5-6H,3-4H2,1-2H3/b7-5+. The van der Waals surface area contributed by atoms with E-state index in [9.17, 15) is 14.9 Å². The van der Waals surface area contributed by atoms with Crippen molar-refractivity contribution >= 4 is 5.97 Å². The molecule has 0 aliphatic carbocycles. The summed E-state index contributed by atoms with van der Waals surface area (Å²) in [7, 11) is 3.04. The Morgan fingerprint density at radius 1 is 1.79 bits per heavy atom. The summed E-state index contributed by atoms with van der Waals surface area (Å²) in [5.41, 5.74) is 0.561. The highest BCUT2D eigenvalue weighted by Gasteiger charge is 2.31. The van der Waals surface area contributed by atoms with Crippen LogP contribution in [0, 0.1) is 16.0 Å². The molecule has 1 unspecified atom stereocenters. The highest BCUT2D eigenvalue weighted by atomic mass is 16.6. The summed E-state index contributed by atoms with van der Waals surface area (Å²) in [5.74, 6) is -0.597. The van der Waals surface area contributed by atoms with Gasteiger partial charge >= 0.3 is 5.97 Å². The Morgan fingerprint density at radius 3 is 2.93 bits per heavy atom. The van der Waals surface area contributed by atoms with Crippen LogP contribution < -0.4 is 0 Å². The molecule has 0 radical (unpaired) electrons. The van der Waals surface area contributed by atoms with Gasteiger partial charge in [-0.05, 0) is 0 Å². The van der Waals surface area contributed by atoms with Gasteiger partial charge in [-0.3, -0.25) is 14.9 Å². The number of esters is 1. The number of rotatable bonds is 2. The van der Waals surface area contributed by atoms with Crippen molar-refractivity contribution in [3.8, 4) is 0 Å². The summed E-state index contributed by atoms with van der Waals surface area (Å²) in [6.07, 6.45) is 1.31. The highest BCUT2D eigenvalue weighted by Crippen LogP contribution is 2.25. The van der Waals surface area contributed by atoms with Crippen LogP contribution in [-0.4, -0.2) is 36.5 Å². The van der Waals surface area contributed by atoms with Gasteiger partial charge < -0.3 is 9.64 Å². The van der Waals surface area contributed by atoms with Gasteiger partial charge in [0.05, 0.1) is 23.6 Å². The molecule has 0 saturated carbocycles. The van der Waals surface area contributed by atoms with Gasteiger partial charge in [0.25, 0.3) is 6.20 Å². The largest absolute Gasteiger partial charge is 0.469 e. The fraction of sp³-hybridized carbons (Fsp3) is 0.625. The molecular weight excluding hydrogens is 188 g/mol. The number of likely N-dealkylation sites (tertiary alicyclic amines) is 1. The van der Waals surface area contributed by atoms with Gasteiger partial charge in [0.15, 0.2) is 0 Å². The molecule has 1 heterocycles. The van der Waals surface area contributed by atoms with Crippen LogP contribution in [0.25, 0.3) is 0 Å². The van der Waals surface area contributed by atoms with E-state index in [1.165, 1.54) is 7.11 Å². The molecular formula is C8H12N2O4. The molecule has 1 aliphatic rings. The molecule has 1 atom stereocenters. The van der Waals surface area contributed by atoms with E-state index in [1.54, 1.807) is 11.9 Å². The van der Waals surface area contributed by atoms with Gasteiger partial charge in [0, 0.05) is 20.0 Å². The van der Waals surface area contributed by atoms with Gasteiger partial charge in [-0.1, -0.05) is 0 Å². The van der Waals surface area contributed by atoms with Gasteiger partial charge in [0.1, 0.15) is 0 Å². The summed E-state index contributed by atoms with van der Waals surface area (Å²) >= 11 is 0. The average molecular weight is 200 g/mol. The summed E-state index contributed by atoms with van der Waals surface area (Å²) in [6, 6.07) is 0. The third-order valence-corrected chi connectivity index (χ3v) is 2.23. The predicted molar refractivity (Wildman–Crippen MR) is 47.8 cm³/mol. The first-order valence-electron chi connectivity index (χ1n) is 4.17. The van der Waals surface area contributed by atoms with Crippen molar-refractivity contribution in [2.75, 3.05) is 20.7 Å². The molecule has 0 aromatic heterocycles. The van der Waals surface area contributed by atoms with Crippen molar-refractivity contribution in [3.63, 3.8) is 0 Å². The number of allylic oxidation sites excluding steroid dienone is 1. The van der Waals surface area contributed by atoms with Crippen molar-refractivity contribution in [1.29, 1.82) is 0 Å². The number of carbonyl (C=O) groups excluding carboxylic acids is 1. The van der Waals surface area contributed by atoms with E-state index in [1.807, 2.05) is 0 Å². The average Bonchev–Trinajstić information content (AvgIpc) is 2.46. The van der Waals surface area contributed by atoms with Crippen LogP contribution in [0.1, 0.15) is 6.42 Å². The molecule has 0 aromatic rings. The number of carbonyl (C=O) groups is 1. The fourth-order valence-electron chi connectivity index (χ4n) is 1.52. The summed E-state index contributed by atoms with van der Waals surface area (Å²) in [6.45, 7) is 0.479. The minimum atomic E-state index is -0.508. The lowest BCUT2D eigenvalue weighted by molar-refractivity contribution is -0.404. The van der Waals surface area contributed by atoms with E-state index in [0.29, 0.717) is 18.7 Å². The lowest BCUT2D eigenvalue weighted by Crippen LogP contribution is -2.20. The van der Waals surface area contributed by atoms with Crippen molar-refractivity contribution in [2.45, 2.75) is 6.42 Å². The SMILES string of the molecule is COC(=O)C1C/C(=C\[N+](=O)[O-])N(C)C1. The molecule has 6 heteroatoms. The Morgan fingerprint density at radius 2 is 2.43 bits per heavy atom. The van der Waals surface area contributed by atoms with Crippen molar-refractivity contribution in [3.05, 3.63) is 22.0 Å².